The molecule has 3 aromatic rings. The van der Waals surface area contributed by atoms with Gasteiger partial charge in [-0.05, 0) is 24.1 Å². The van der Waals surface area contributed by atoms with Gasteiger partial charge in [-0.15, -0.1) is 0 Å². The van der Waals surface area contributed by atoms with E-state index in [2.05, 4.69) is 34.5 Å². The molecule has 2 aromatic carbocycles. The summed E-state index contributed by atoms with van der Waals surface area (Å²) in [6.45, 7) is 1.78. The minimum atomic E-state index is -0.144. The van der Waals surface area contributed by atoms with E-state index in [1.807, 2.05) is 30.3 Å². The standard InChI is InChI=1S/C17H14N2O/c1-12-11-16(18-19-17(12)20)15-9-7-14(8-10-15)13-5-3-2-4-6-13/h2-11H,1H3,(H,19,20). The first-order valence-corrected chi connectivity index (χ1v) is 6.46. The molecule has 0 saturated heterocycles. The summed E-state index contributed by atoms with van der Waals surface area (Å²) >= 11 is 0. The molecule has 0 fully saturated rings. The molecule has 0 spiro atoms. The van der Waals surface area contributed by atoms with Gasteiger partial charge >= 0.3 is 0 Å². The zero-order chi connectivity index (χ0) is 13.9. The van der Waals surface area contributed by atoms with Crippen LogP contribution in [-0.4, -0.2) is 10.2 Å². The minimum Gasteiger partial charge on any atom is -0.268 e. The maximum atomic E-state index is 11.3. The van der Waals surface area contributed by atoms with E-state index in [0.717, 1.165) is 16.8 Å². The summed E-state index contributed by atoms with van der Waals surface area (Å²) in [5.74, 6) is 0. The molecule has 0 unspecified atom stereocenters. The summed E-state index contributed by atoms with van der Waals surface area (Å²) in [4.78, 5) is 11.3. The summed E-state index contributed by atoms with van der Waals surface area (Å²) < 4.78 is 0. The molecule has 1 N–H and O–H groups in total. The van der Waals surface area contributed by atoms with Crippen LogP contribution in [0.4, 0.5) is 0 Å². The average molecular weight is 262 g/mol. The lowest BCUT2D eigenvalue weighted by Gasteiger charge is -2.04. The SMILES string of the molecule is Cc1cc(-c2ccc(-c3ccccc3)cc2)n[nH]c1=O. The molecular weight excluding hydrogens is 248 g/mol. The highest BCUT2D eigenvalue weighted by Gasteiger charge is 2.03. The van der Waals surface area contributed by atoms with E-state index in [9.17, 15) is 4.79 Å². The van der Waals surface area contributed by atoms with Gasteiger partial charge in [0.15, 0.2) is 0 Å². The molecule has 0 aliphatic carbocycles. The van der Waals surface area contributed by atoms with E-state index in [1.54, 1.807) is 13.0 Å². The Bertz CT molecular complexity index is 774. The Balaban J connectivity index is 1.97. The van der Waals surface area contributed by atoms with Gasteiger partial charge in [-0.1, -0.05) is 54.6 Å². The van der Waals surface area contributed by atoms with Crippen molar-refractivity contribution in [3.8, 4) is 22.4 Å². The van der Waals surface area contributed by atoms with Gasteiger partial charge in [-0.3, -0.25) is 4.79 Å². The second-order valence-electron chi connectivity index (χ2n) is 4.71. The molecule has 0 amide bonds. The van der Waals surface area contributed by atoms with E-state index in [-0.39, 0.29) is 5.56 Å². The Morgan fingerprint density at radius 2 is 1.45 bits per heavy atom. The molecule has 0 aliphatic heterocycles. The highest BCUT2D eigenvalue weighted by atomic mass is 16.1. The minimum absolute atomic E-state index is 0.144. The smallest absolute Gasteiger partial charge is 0.267 e. The third-order valence-corrected chi connectivity index (χ3v) is 3.28. The van der Waals surface area contributed by atoms with E-state index in [4.69, 9.17) is 0 Å². The maximum Gasteiger partial charge on any atom is 0.267 e. The molecule has 20 heavy (non-hydrogen) atoms. The molecule has 98 valence electrons. The number of rotatable bonds is 2. The summed E-state index contributed by atoms with van der Waals surface area (Å²) in [6.07, 6.45) is 0. The van der Waals surface area contributed by atoms with Crippen LogP contribution >= 0.6 is 0 Å². The Kier molecular flexibility index (Phi) is 3.17. The van der Waals surface area contributed by atoms with Gasteiger partial charge in [0.2, 0.25) is 0 Å². The normalized spacial score (nSPS) is 10.4. The maximum absolute atomic E-state index is 11.3. The second kappa shape index (κ2) is 5.13. The van der Waals surface area contributed by atoms with Crippen LogP contribution in [0.2, 0.25) is 0 Å². The lowest BCUT2D eigenvalue weighted by Crippen LogP contribution is -2.11. The largest absolute Gasteiger partial charge is 0.268 e. The predicted octanol–water partition coefficient (Wildman–Crippen LogP) is 3.41. The second-order valence-corrected chi connectivity index (χ2v) is 4.71. The van der Waals surface area contributed by atoms with Crippen LogP contribution < -0.4 is 5.56 Å². The van der Waals surface area contributed by atoms with Gasteiger partial charge in [0.05, 0.1) is 5.69 Å². The molecule has 0 bridgehead atoms. The molecule has 0 radical (unpaired) electrons. The summed E-state index contributed by atoms with van der Waals surface area (Å²) in [5, 5.41) is 6.58. The first-order chi connectivity index (χ1) is 9.74. The number of aromatic amines is 1. The van der Waals surface area contributed by atoms with Crippen molar-refractivity contribution in [1.29, 1.82) is 0 Å². The fourth-order valence-electron chi connectivity index (χ4n) is 2.11. The van der Waals surface area contributed by atoms with E-state index in [1.165, 1.54) is 5.56 Å². The van der Waals surface area contributed by atoms with Crippen molar-refractivity contribution >= 4 is 0 Å². The summed E-state index contributed by atoms with van der Waals surface area (Å²) in [5.41, 5.74) is 4.64. The van der Waals surface area contributed by atoms with E-state index < -0.39 is 0 Å². The fourth-order valence-corrected chi connectivity index (χ4v) is 2.11. The molecule has 3 rings (SSSR count). The summed E-state index contributed by atoms with van der Waals surface area (Å²) in [7, 11) is 0. The van der Waals surface area contributed by atoms with Gasteiger partial charge in [0.25, 0.3) is 5.56 Å². The lowest BCUT2D eigenvalue weighted by molar-refractivity contribution is 0.976. The van der Waals surface area contributed by atoms with Crippen molar-refractivity contribution in [3.63, 3.8) is 0 Å². The van der Waals surface area contributed by atoms with Crippen LogP contribution in [0.1, 0.15) is 5.56 Å². The predicted molar refractivity (Wildman–Crippen MR) is 80.5 cm³/mol. The number of nitrogens with zero attached hydrogens (tertiary/aromatic N) is 1. The van der Waals surface area contributed by atoms with Gasteiger partial charge in [0.1, 0.15) is 0 Å². The van der Waals surface area contributed by atoms with E-state index in [0.29, 0.717) is 5.56 Å². The van der Waals surface area contributed by atoms with Crippen molar-refractivity contribution in [3.05, 3.63) is 76.6 Å². The monoisotopic (exact) mass is 262 g/mol. The molecule has 0 saturated carbocycles. The Morgan fingerprint density at radius 1 is 0.850 bits per heavy atom. The molecule has 3 nitrogen and oxygen atoms in total. The lowest BCUT2D eigenvalue weighted by atomic mass is 10.0. The molecule has 1 heterocycles. The van der Waals surface area contributed by atoms with Crippen molar-refractivity contribution in [2.45, 2.75) is 6.92 Å². The number of nitrogens with one attached hydrogen (secondary N) is 1. The van der Waals surface area contributed by atoms with Gasteiger partial charge in [0, 0.05) is 11.1 Å². The first-order valence-electron chi connectivity index (χ1n) is 6.46. The molecular formula is C17H14N2O. The Labute approximate surface area is 116 Å². The average Bonchev–Trinajstić information content (AvgIpc) is 2.51. The molecule has 1 aromatic heterocycles. The van der Waals surface area contributed by atoms with Gasteiger partial charge in [-0.2, -0.15) is 5.10 Å². The van der Waals surface area contributed by atoms with E-state index >= 15 is 0 Å². The zero-order valence-electron chi connectivity index (χ0n) is 11.1. The zero-order valence-corrected chi connectivity index (χ0v) is 11.1. The third-order valence-electron chi connectivity index (χ3n) is 3.28. The fraction of sp³-hybridized carbons (Fsp3) is 0.0588. The third kappa shape index (κ3) is 2.38. The summed E-state index contributed by atoms with van der Waals surface area (Å²) in [6, 6.07) is 20.2. The number of hydrogen-bond donors (Lipinski definition) is 1. The van der Waals surface area contributed by atoms with Crippen molar-refractivity contribution < 1.29 is 0 Å². The van der Waals surface area contributed by atoms with Crippen molar-refractivity contribution in [1.82, 2.24) is 10.2 Å². The topological polar surface area (TPSA) is 45.8 Å². The molecule has 0 aliphatic rings. The first kappa shape index (κ1) is 12.4. The Hall–Kier alpha value is -2.68. The highest BCUT2D eigenvalue weighted by molar-refractivity contribution is 5.68. The van der Waals surface area contributed by atoms with Crippen LogP contribution in [0, 0.1) is 6.92 Å². The van der Waals surface area contributed by atoms with Gasteiger partial charge in [-0.25, -0.2) is 5.10 Å². The number of hydrogen-bond acceptors (Lipinski definition) is 2. The van der Waals surface area contributed by atoms with Crippen LogP contribution in [0.25, 0.3) is 22.4 Å². The number of aromatic nitrogens is 2. The Morgan fingerprint density at radius 3 is 2.10 bits per heavy atom. The number of H-pyrrole nitrogens is 1. The van der Waals surface area contributed by atoms with Crippen molar-refractivity contribution in [2.24, 2.45) is 0 Å². The van der Waals surface area contributed by atoms with Gasteiger partial charge < -0.3 is 0 Å². The molecule has 3 heteroatoms. The van der Waals surface area contributed by atoms with Crippen LogP contribution in [0.15, 0.2) is 65.5 Å². The van der Waals surface area contributed by atoms with Crippen LogP contribution in [0.3, 0.4) is 0 Å². The quantitative estimate of drug-likeness (QED) is 0.769. The number of benzene rings is 2. The van der Waals surface area contributed by atoms with Crippen LogP contribution in [-0.2, 0) is 0 Å². The van der Waals surface area contributed by atoms with Crippen LogP contribution in [0.5, 0.6) is 0 Å². The van der Waals surface area contributed by atoms with Crippen molar-refractivity contribution in [2.75, 3.05) is 0 Å². The highest BCUT2D eigenvalue weighted by Crippen LogP contribution is 2.23. The molecule has 0 atom stereocenters. The number of aryl methyl sites for hydroxylation is 1.